The summed E-state index contributed by atoms with van der Waals surface area (Å²) in [5.74, 6) is 0.814. The van der Waals surface area contributed by atoms with E-state index in [-0.39, 0.29) is 23.8 Å². The first-order chi connectivity index (χ1) is 15.1. The summed E-state index contributed by atoms with van der Waals surface area (Å²) in [5.41, 5.74) is 8.48. The molecule has 0 aliphatic carbocycles. The van der Waals surface area contributed by atoms with E-state index in [9.17, 15) is 10.1 Å². The third kappa shape index (κ3) is 3.07. The van der Waals surface area contributed by atoms with Gasteiger partial charge in [0.1, 0.15) is 17.4 Å². The van der Waals surface area contributed by atoms with Crippen molar-refractivity contribution in [2.24, 2.45) is 5.73 Å². The summed E-state index contributed by atoms with van der Waals surface area (Å²) in [7, 11) is 0. The molecule has 5 rings (SSSR count). The van der Waals surface area contributed by atoms with Gasteiger partial charge in [-0.1, -0.05) is 12.1 Å². The van der Waals surface area contributed by atoms with Gasteiger partial charge >= 0.3 is 0 Å². The fraction of sp³-hybridized carbons (Fsp3) is 0.174. The van der Waals surface area contributed by atoms with Gasteiger partial charge in [-0.15, -0.1) is 0 Å². The molecule has 0 radical (unpaired) electrons. The van der Waals surface area contributed by atoms with Gasteiger partial charge in [-0.05, 0) is 36.8 Å². The molecule has 0 bridgehead atoms. The predicted molar refractivity (Wildman–Crippen MR) is 111 cm³/mol. The lowest BCUT2D eigenvalue weighted by molar-refractivity contribution is 0.174. The molecule has 2 aliphatic rings. The average Bonchev–Trinajstić information content (AvgIpc) is 3.24. The Hall–Kier alpha value is -4.25. The molecule has 0 amide bonds. The maximum atomic E-state index is 13.7. The minimum atomic E-state index is -0.689. The summed E-state index contributed by atoms with van der Waals surface area (Å²) in [6.07, 6.45) is 1.68. The van der Waals surface area contributed by atoms with Crippen molar-refractivity contribution in [2.45, 2.75) is 19.4 Å². The van der Waals surface area contributed by atoms with Gasteiger partial charge in [-0.25, -0.2) is 0 Å². The Balaban J connectivity index is 1.70. The number of nitriles is 1. The smallest absolute Gasteiger partial charge is 0.259 e. The van der Waals surface area contributed by atoms with E-state index in [0.29, 0.717) is 40.6 Å². The Bertz CT molecular complexity index is 1320. The van der Waals surface area contributed by atoms with E-state index in [1.165, 1.54) is 0 Å². The van der Waals surface area contributed by atoms with Crippen molar-refractivity contribution in [2.75, 3.05) is 6.79 Å². The molecule has 0 fully saturated rings. The molecule has 8 nitrogen and oxygen atoms in total. The monoisotopic (exact) mass is 414 g/mol. The third-order valence-corrected chi connectivity index (χ3v) is 5.47. The lowest BCUT2D eigenvalue weighted by Gasteiger charge is -2.27. The Kier molecular flexibility index (Phi) is 4.37. The van der Waals surface area contributed by atoms with Crippen LogP contribution < -0.4 is 25.5 Å². The minimum Gasteiger partial charge on any atom is -0.454 e. The number of aromatic nitrogens is 2. The molecule has 8 heteroatoms. The average molecular weight is 414 g/mol. The fourth-order valence-corrected chi connectivity index (χ4v) is 3.96. The molecule has 4 heterocycles. The topological polar surface area (TPSA) is 112 Å². The molecule has 0 unspecified atom stereocenters. The van der Waals surface area contributed by atoms with E-state index >= 15 is 0 Å². The number of fused-ring (bicyclic) bond motifs is 2. The van der Waals surface area contributed by atoms with Crippen molar-refractivity contribution in [3.63, 3.8) is 0 Å². The maximum absolute atomic E-state index is 13.7. The highest BCUT2D eigenvalue weighted by atomic mass is 16.7. The summed E-state index contributed by atoms with van der Waals surface area (Å²) in [5, 5.41) is 9.82. The van der Waals surface area contributed by atoms with E-state index < -0.39 is 5.92 Å². The van der Waals surface area contributed by atoms with Crippen LogP contribution in [-0.4, -0.2) is 16.3 Å². The van der Waals surface area contributed by atoms with Crippen LogP contribution in [-0.2, 0) is 6.54 Å². The zero-order chi connectivity index (χ0) is 21.5. The van der Waals surface area contributed by atoms with Gasteiger partial charge in [-0.2, -0.15) is 5.26 Å². The Morgan fingerprint density at radius 3 is 2.81 bits per heavy atom. The second-order valence-corrected chi connectivity index (χ2v) is 7.31. The first kappa shape index (κ1) is 18.8. The molecule has 2 aromatic heterocycles. The molecule has 1 atom stereocenters. The Labute approximate surface area is 177 Å². The lowest BCUT2D eigenvalue weighted by Crippen LogP contribution is -2.33. The first-order valence-electron chi connectivity index (χ1n) is 9.68. The highest BCUT2D eigenvalue weighted by molar-refractivity contribution is 5.57. The SMILES string of the molecule is Cc1cc2c(c(=O)n1Cc1ccccn1)[C@@H](c1ccc3c(c1)OCO3)C(C#N)=C(N)O2. The van der Waals surface area contributed by atoms with Gasteiger partial charge in [0.25, 0.3) is 5.56 Å². The predicted octanol–water partition coefficient (Wildman–Crippen LogP) is 2.55. The summed E-state index contributed by atoms with van der Waals surface area (Å²) in [4.78, 5) is 18.0. The molecule has 2 aliphatic heterocycles. The van der Waals surface area contributed by atoms with Crippen LogP contribution in [0, 0.1) is 18.3 Å². The molecule has 0 saturated carbocycles. The number of rotatable bonds is 3. The number of benzene rings is 1. The highest BCUT2D eigenvalue weighted by Gasteiger charge is 2.35. The number of ether oxygens (including phenoxy) is 3. The second kappa shape index (κ2) is 7.22. The molecule has 0 spiro atoms. The van der Waals surface area contributed by atoms with E-state index in [1.54, 1.807) is 35.0 Å². The number of allylic oxidation sites excluding steroid dienone is 1. The molecule has 3 aromatic rings. The van der Waals surface area contributed by atoms with Crippen LogP contribution in [0.25, 0.3) is 0 Å². The second-order valence-electron chi connectivity index (χ2n) is 7.31. The zero-order valence-corrected chi connectivity index (χ0v) is 16.7. The van der Waals surface area contributed by atoms with Crippen LogP contribution in [0.1, 0.15) is 28.4 Å². The first-order valence-corrected chi connectivity index (χ1v) is 9.68. The quantitative estimate of drug-likeness (QED) is 0.701. The Morgan fingerprint density at radius 2 is 2.03 bits per heavy atom. The maximum Gasteiger partial charge on any atom is 0.259 e. The Morgan fingerprint density at radius 1 is 1.19 bits per heavy atom. The van der Waals surface area contributed by atoms with Crippen molar-refractivity contribution in [1.82, 2.24) is 9.55 Å². The number of hydrogen-bond donors (Lipinski definition) is 1. The molecule has 154 valence electrons. The van der Waals surface area contributed by atoms with E-state index in [0.717, 1.165) is 5.69 Å². The number of pyridine rings is 2. The largest absolute Gasteiger partial charge is 0.454 e. The van der Waals surface area contributed by atoms with Crippen LogP contribution in [0.15, 0.2) is 64.9 Å². The van der Waals surface area contributed by atoms with Gasteiger partial charge in [0.2, 0.25) is 12.7 Å². The van der Waals surface area contributed by atoms with Gasteiger partial charge in [0.05, 0.1) is 23.7 Å². The van der Waals surface area contributed by atoms with Crippen molar-refractivity contribution < 1.29 is 14.2 Å². The van der Waals surface area contributed by atoms with Crippen molar-refractivity contribution >= 4 is 0 Å². The van der Waals surface area contributed by atoms with Gasteiger partial charge in [0.15, 0.2) is 11.5 Å². The molecule has 31 heavy (non-hydrogen) atoms. The van der Waals surface area contributed by atoms with Gasteiger partial charge in [-0.3, -0.25) is 9.78 Å². The number of nitrogens with two attached hydrogens (primary N) is 1. The lowest BCUT2D eigenvalue weighted by atomic mass is 9.84. The van der Waals surface area contributed by atoms with E-state index in [1.807, 2.05) is 25.1 Å². The van der Waals surface area contributed by atoms with E-state index in [2.05, 4.69) is 11.1 Å². The highest BCUT2D eigenvalue weighted by Crippen LogP contribution is 2.43. The minimum absolute atomic E-state index is 0.0149. The summed E-state index contributed by atoms with van der Waals surface area (Å²) < 4.78 is 18.2. The fourth-order valence-electron chi connectivity index (χ4n) is 3.96. The standard InChI is InChI=1S/C23H18N4O4/c1-13-8-19-21(23(28)27(13)11-15-4-2-3-7-26-15)20(16(10-24)22(25)31-19)14-5-6-17-18(9-14)30-12-29-17/h2-9,20H,11-12,25H2,1H3/t20-/m0/s1. The van der Waals surface area contributed by atoms with Crippen molar-refractivity contribution in [1.29, 1.82) is 5.26 Å². The normalized spacial score (nSPS) is 16.5. The third-order valence-electron chi connectivity index (χ3n) is 5.47. The summed E-state index contributed by atoms with van der Waals surface area (Å²) in [6.45, 7) is 2.25. The number of aryl methyl sites for hydroxylation is 1. The van der Waals surface area contributed by atoms with Crippen LogP contribution in [0.5, 0.6) is 17.2 Å². The number of nitrogens with zero attached hydrogens (tertiary/aromatic N) is 3. The number of hydrogen-bond acceptors (Lipinski definition) is 7. The molecular weight excluding hydrogens is 396 g/mol. The molecule has 0 saturated heterocycles. The van der Waals surface area contributed by atoms with Crippen molar-refractivity contribution in [3.05, 3.63) is 93.0 Å². The van der Waals surface area contributed by atoms with Crippen LogP contribution in [0.2, 0.25) is 0 Å². The van der Waals surface area contributed by atoms with Crippen LogP contribution >= 0.6 is 0 Å². The summed E-state index contributed by atoms with van der Waals surface area (Å²) in [6, 6.07) is 14.8. The summed E-state index contributed by atoms with van der Waals surface area (Å²) >= 11 is 0. The zero-order valence-electron chi connectivity index (χ0n) is 16.7. The van der Waals surface area contributed by atoms with Gasteiger partial charge in [0, 0.05) is 18.0 Å². The van der Waals surface area contributed by atoms with Crippen molar-refractivity contribution in [3.8, 4) is 23.3 Å². The van der Waals surface area contributed by atoms with Crippen LogP contribution in [0.3, 0.4) is 0 Å². The molecule has 1 aromatic carbocycles. The van der Waals surface area contributed by atoms with Gasteiger partial charge < -0.3 is 24.5 Å². The van der Waals surface area contributed by atoms with E-state index in [4.69, 9.17) is 19.9 Å². The molecular formula is C23H18N4O4. The van der Waals surface area contributed by atoms with Crippen LogP contribution in [0.4, 0.5) is 0 Å². The molecule has 2 N–H and O–H groups in total.